The van der Waals surface area contributed by atoms with Crippen LogP contribution in [0.2, 0.25) is 0 Å². The van der Waals surface area contributed by atoms with Crippen molar-refractivity contribution < 1.29 is 102 Å². The van der Waals surface area contributed by atoms with Crippen LogP contribution in [-0.2, 0) is 71.9 Å². The van der Waals surface area contributed by atoms with E-state index in [1.54, 1.807) is 104 Å². The fourth-order valence-corrected chi connectivity index (χ4v) is 19.9. The molecular weight excluding hydrogens is 1690 g/mol. The van der Waals surface area contributed by atoms with Crippen molar-refractivity contribution in [1.82, 2.24) is 67.9 Å². The number of nitrogens with zero attached hydrogens (tertiary/aromatic N) is 3. The second-order valence-electron chi connectivity index (χ2n) is 43.0. The Balaban J connectivity index is 0.000000262. The molecule has 6 saturated carbocycles. The van der Waals surface area contributed by atoms with Gasteiger partial charge in [0, 0.05) is 38.0 Å². The first kappa shape index (κ1) is 105. The van der Waals surface area contributed by atoms with Crippen LogP contribution in [0.3, 0.4) is 0 Å². The Kier molecular flexibility index (Phi) is 33.7. The second kappa shape index (κ2) is 40.8. The fraction of sp³-hybridized carbons (Fsp3) is 0.775. The Morgan fingerprint density at radius 3 is 1.06 bits per heavy atom. The molecule has 0 aromatic rings. The Morgan fingerprint density at radius 1 is 0.425 bits per heavy atom. The summed E-state index contributed by atoms with van der Waals surface area (Å²) in [5.41, 5.74) is 6.11. The summed E-state index contributed by atoms with van der Waals surface area (Å²) >= 11 is 12.9. The summed E-state index contributed by atoms with van der Waals surface area (Å²) < 4.78 is -1.26. The van der Waals surface area contributed by atoms with Crippen molar-refractivity contribution in [3.63, 3.8) is 0 Å². The van der Waals surface area contributed by atoms with E-state index in [4.69, 9.17) is 34.7 Å². The molecule has 712 valence electrons. The van der Waals surface area contributed by atoms with Crippen LogP contribution >= 0.6 is 23.2 Å². The van der Waals surface area contributed by atoms with Gasteiger partial charge in [0.1, 0.15) is 58.7 Å². The van der Waals surface area contributed by atoms with Crippen molar-refractivity contribution in [3.8, 4) is 0 Å². The van der Waals surface area contributed by atoms with E-state index in [0.29, 0.717) is 25.9 Å². The minimum atomic E-state index is -1.26. The molecule has 3 unspecified atom stereocenters. The third-order valence-electron chi connectivity index (χ3n) is 27.5. The number of alkyl halides is 2. The number of carboxylic acids is 3. The molecule has 38 heteroatoms. The van der Waals surface area contributed by atoms with Gasteiger partial charge >= 0.3 is 36.0 Å². The van der Waals surface area contributed by atoms with Gasteiger partial charge in [-0.25, -0.2) is 28.8 Å². The number of halogens is 2. The highest BCUT2D eigenvalue weighted by Gasteiger charge is 2.75. The number of nitrogens with one attached hydrogen (secondary N) is 10. The summed E-state index contributed by atoms with van der Waals surface area (Å²) in [7, 11) is 0. The quantitative estimate of drug-likeness (QED) is 0.0208. The van der Waals surface area contributed by atoms with Crippen LogP contribution in [0.1, 0.15) is 241 Å². The van der Waals surface area contributed by atoms with Gasteiger partial charge in [-0.3, -0.25) is 57.5 Å². The molecule has 0 radical (unpaired) electrons. The second-order valence-corrected chi connectivity index (χ2v) is 44.4. The molecule has 127 heavy (non-hydrogen) atoms. The van der Waals surface area contributed by atoms with E-state index < -0.39 is 216 Å². The topological polar surface area (TPSA) is 550 Å². The number of nitrogens with two attached hydrogens (primary N) is 2. The summed E-state index contributed by atoms with van der Waals surface area (Å²) in [6.07, 6.45) is 13.5. The number of likely N-dealkylation sites (tertiary alicyclic amines) is 3. The van der Waals surface area contributed by atoms with Crippen LogP contribution in [0.15, 0.2) is 12.7 Å². The van der Waals surface area contributed by atoms with Crippen LogP contribution in [0.5, 0.6) is 0 Å². The number of rotatable bonds is 34. The largest absolute Gasteiger partial charge is 0.480 e. The summed E-state index contributed by atoms with van der Waals surface area (Å²) in [5.74, 6) is -13.4. The first-order valence-electron chi connectivity index (χ1n) is 44.6. The molecule has 15 amide bonds. The lowest BCUT2D eigenvalue weighted by atomic mass is 9.80. The summed E-state index contributed by atoms with van der Waals surface area (Å²) in [4.78, 5) is 237. The van der Waals surface area contributed by atoms with E-state index in [1.165, 1.54) is 20.8 Å². The van der Waals surface area contributed by atoms with Gasteiger partial charge < -0.3 is 94.7 Å². The maximum atomic E-state index is 14.4. The van der Waals surface area contributed by atoms with Crippen molar-refractivity contribution in [3.05, 3.63) is 12.7 Å². The minimum absolute atomic E-state index is 0.0290. The van der Waals surface area contributed by atoms with Crippen LogP contribution in [0.25, 0.3) is 0 Å². The number of urea groups is 3. The molecule has 3 aliphatic heterocycles. The van der Waals surface area contributed by atoms with Gasteiger partial charge in [-0.1, -0.05) is 215 Å². The van der Waals surface area contributed by atoms with Gasteiger partial charge in [0.2, 0.25) is 52.8 Å². The molecule has 9 aliphatic rings. The SMILES string of the molecule is C=CCNC(=O)C(=O)C(CCCC)NC(=O)[C@@H]1[C@@H]2[C@H](CN1C(=O)[C@@H](NC(=O)N[C@H](C(=O)O)C(C)(C)C)C1CCCCC1)C2(C)C.CC(C)(C)[C@H](NC(=O)N[C@@H](C(=O)O)C(C)(C)C)C(=O)N1C[C@H]2[C@@H]([C@H]1C(=O)NC(CC1CCC1)C(=O)C(N)=O)C2(C)C.CC(C)(C)[C@H](NC(=O)N[C@H](C(=O)N1C[C@H]2[C@@H]([C@H]1C(=O)NC(CC1CCC1)C(=O)C(N)=O)C2(Cl)Cl)C(C)(C)C)C(=O)O. The lowest BCUT2D eigenvalue weighted by Crippen LogP contribution is -2.62. The minimum Gasteiger partial charge on any atom is -0.480 e. The molecule has 9 rings (SSSR count). The number of ketones is 3. The van der Waals surface area contributed by atoms with E-state index in [-0.39, 0.29) is 84.1 Å². The smallest absolute Gasteiger partial charge is 0.326 e. The molecule has 0 bridgehead atoms. The lowest BCUT2D eigenvalue weighted by Gasteiger charge is -2.38. The highest BCUT2D eigenvalue weighted by atomic mass is 35.5. The van der Waals surface area contributed by atoms with Crippen molar-refractivity contribution in [2.75, 3.05) is 26.2 Å². The molecule has 3 heterocycles. The van der Waals surface area contributed by atoms with E-state index in [1.807, 2.05) is 20.8 Å². The lowest BCUT2D eigenvalue weighted by molar-refractivity contribution is -0.145. The number of carbonyl (C=O) groups is 18. The maximum absolute atomic E-state index is 14.4. The number of carboxylic acid groups (broad SMARTS) is 3. The predicted molar refractivity (Wildman–Crippen MR) is 470 cm³/mol. The molecule has 17 N–H and O–H groups in total. The third kappa shape index (κ3) is 25.3. The van der Waals surface area contributed by atoms with E-state index in [2.05, 4.69) is 73.6 Å². The standard InChI is InChI=1S/C33H53N5O7.C29H47N5O7.C27H41Cl2N5O7/c1-8-10-16-21(25(39)28(41)34-17-9-2)35-27(40)24-22-20(33(22,6)7)18-38(24)29(42)23(19-14-12-11-13-15-19)36-31(45)37-26(30(43)44)32(3,4)5;1-27(2,3)20(32-26(41)33-21(25(39)40)28(4,5)6)24(38)34-13-15-17(29(15,7)8)18(34)23(37)31-16(19(35)22(30)36)12-14-10-9-11-14;1-25(2,3)18(32-24(41)33-19(23(39)40)26(4,5)6)22(38)34-11-13-15(27(13,28)29)16(34)21(37)31-14(17(35)20(30)36)10-12-8-7-9-12/h9,19-24,26H,2,8,10-18H2,1,3-7H3,(H,34,41)(H,35,40)(H,43,44)(H2,36,37,45);14-18,20-21H,9-13H2,1-8H3,(H2,30,36)(H,31,37)(H,39,40)(H2,32,33,41);12-16,18-19H,7-11H2,1-6H3,(H2,30,36)(H,31,37)(H,39,40)(H2,32,33,41)/t20-,21?,22-,23-,24-,26+;15-,16?,17-,18-,20+,21-;13-,14?,15-,16-,18+,19+/m000/s1. The van der Waals surface area contributed by atoms with Crippen LogP contribution in [0, 0.1) is 91.2 Å². The Hall–Kier alpha value is -9.22. The number of carbonyl (C=O) groups excluding carboxylic acids is 15. The molecular formula is C89H141Cl2N15O21. The molecule has 0 aromatic carbocycles. The average Bonchev–Trinajstić information content (AvgIpc) is 1.53. The first-order valence-corrected chi connectivity index (χ1v) is 45.4. The summed E-state index contributed by atoms with van der Waals surface area (Å²) in [5, 5.41) is 55.1. The van der Waals surface area contributed by atoms with Crippen molar-refractivity contribution >= 4 is 130 Å². The molecule has 18 atom stereocenters. The molecule has 3 saturated heterocycles. The van der Waals surface area contributed by atoms with Gasteiger partial charge in [-0.05, 0) is 111 Å². The Labute approximate surface area is 754 Å². The molecule has 6 aliphatic carbocycles. The summed E-state index contributed by atoms with van der Waals surface area (Å²) in [6, 6.07) is -15.4. The summed E-state index contributed by atoms with van der Waals surface area (Å²) in [6.45, 7) is 40.0. The number of amides is 15. The highest BCUT2D eigenvalue weighted by molar-refractivity contribution is 6.51. The van der Waals surface area contributed by atoms with E-state index >= 15 is 0 Å². The zero-order chi connectivity index (χ0) is 96.2. The van der Waals surface area contributed by atoms with Gasteiger partial charge in [-0.2, -0.15) is 0 Å². The van der Waals surface area contributed by atoms with Gasteiger partial charge in [0.05, 0.1) is 18.1 Å². The first-order chi connectivity index (χ1) is 58.4. The number of hydrogen-bond acceptors (Lipinski definition) is 18. The number of unbranched alkanes of at least 4 members (excludes halogenated alkanes) is 1. The zero-order valence-corrected chi connectivity index (χ0v) is 79.0. The van der Waals surface area contributed by atoms with Crippen molar-refractivity contribution in [2.45, 2.75) is 318 Å². The molecule has 0 spiro atoms. The fourth-order valence-electron chi connectivity index (χ4n) is 19.1. The maximum Gasteiger partial charge on any atom is 0.326 e. The van der Waals surface area contributed by atoms with Crippen LogP contribution in [0.4, 0.5) is 14.4 Å². The highest BCUT2D eigenvalue weighted by Crippen LogP contribution is 2.67. The van der Waals surface area contributed by atoms with Crippen LogP contribution in [-0.4, -0.2) is 240 Å². The normalized spacial score (nSPS) is 25.1. The number of piperidine rings is 3. The molecule has 0 aromatic heterocycles. The predicted octanol–water partition coefficient (Wildman–Crippen LogP) is 5.73. The number of Topliss-reactive ketones (excluding diaryl/α,β-unsaturated/α-hetero) is 3. The number of hydrogen-bond donors (Lipinski definition) is 15. The van der Waals surface area contributed by atoms with Gasteiger partial charge in [-0.15, -0.1) is 29.8 Å². The molecule has 9 fully saturated rings. The van der Waals surface area contributed by atoms with Gasteiger partial charge in [0.25, 0.3) is 17.7 Å². The average molecular weight is 1830 g/mol. The number of fused-ring (bicyclic) bond motifs is 3. The van der Waals surface area contributed by atoms with Crippen molar-refractivity contribution in [2.24, 2.45) is 103 Å². The monoisotopic (exact) mass is 1830 g/mol. The number of aliphatic carboxylic acids is 3. The Bertz CT molecular complexity index is 4030. The van der Waals surface area contributed by atoms with Crippen molar-refractivity contribution in [1.29, 1.82) is 0 Å². The van der Waals surface area contributed by atoms with E-state index in [0.717, 1.165) is 77.0 Å². The Morgan fingerprint density at radius 2 is 0.748 bits per heavy atom. The third-order valence-corrected chi connectivity index (χ3v) is 28.5. The number of primary amides is 2. The van der Waals surface area contributed by atoms with E-state index in [9.17, 15) is 102 Å². The van der Waals surface area contributed by atoms with Crippen LogP contribution < -0.4 is 64.6 Å². The zero-order valence-electron chi connectivity index (χ0n) is 77.5. The molecule has 36 nitrogen and oxygen atoms in total. The van der Waals surface area contributed by atoms with Gasteiger partial charge in [0.15, 0.2) is 0 Å².